The average molecular weight is 266 g/mol. The summed E-state index contributed by atoms with van der Waals surface area (Å²) < 4.78 is 0. The maximum Gasteiger partial charge on any atom is 0.241 e. The van der Waals surface area contributed by atoms with Gasteiger partial charge in [0.1, 0.15) is 0 Å². The second kappa shape index (κ2) is 6.74. The van der Waals surface area contributed by atoms with Gasteiger partial charge in [0, 0.05) is 6.54 Å². The van der Waals surface area contributed by atoms with Gasteiger partial charge in [-0.25, -0.2) is 0 Å². The van der Waals surface area contributed by atoms with Gasteiger partial charge in [0.15, 0.2) is 0 Å². The molecule has 0 aromatic heterocycles. The zero-order chi connectivity index (χ0) is 13.8. The van der Waals surface area contributed by atoms with Crippen LogP contribution in [0.15, 0.2) is 0 Å². The number of hydrogen-bond acceptors (Lipinski definition) is 2. The number of nitrogens with zero attached hydrogens (tertiary/aromatic N) is 1. The standard InChI is InChI=1S/C16H30N2O/c1-4-15-17-14(10-12(2)3)16(19)18(15)11-13-8-6-5-7-9-13/h12-15,17H,4-11H2,1-3H3. The molecule has 2 fully saturated rings. The number of nitrogens with one attached hydrogen (secondary N) is 1. The Balaban J connectivity index is 1.94. The van der Waals surface area contributed by atoms with Crippen molar-refractivity contribution in [1.82, 2.24) is 10.2 Å². The number of hydrogen-bond donors (Lipinski definition) is 1. The van der Waals surface area contributed by atoms with Gasteiger partial charge >= 0.3 is 0 Å². The van der Waals surface area contributed by atoms with Gasteiger partial charge in [-0.3, -0.25) is 10.1 Å². The minimum absolute atomic E-state index is 0.0635. The molecule has 0 spiro atoms. The lowest BCUT2D eigenvalue weighted by Crippen LogP contribution is -2.40. The number of carbonyl (C=O) groups excluding carboxylic acids is 1. The summed E-state index contributed by atoms with van der Waals surface area (Å²) in [4.78, 5) is 14.7. The van der Waals surface area contributed by atoms with Gasteiger partial charge in [0.05, 0.1) is 12.2 Å². The third-order valence-electron chi connectivity index (χ3n) is 4.62. The Morgan fingerprint density at radius 2 is 1.95 bits per heavy atom. The van der Waals surface area contributed by atoms with Crippen molar-refractivity contribution in [3.63, 3.8) is 0 Å². The zero-order valence-electron chi connectivity index (χ0n) is 12.8. The van der Waals surface area contributed by atoms with E-state index in [9.17, 15) is 4.79 Å². The Labute approximate surface area is 118 Å². The number of rotatable bonds is 5. The van der Waals surface area contributed by atoms with E-state index in [0.29, 0.717) is 11.8 Å². The molecule has 1 heterocycles. The lowest BCUT2D eigenvalue weighted by molar-refractivity contribution is -0.131. The summed E-state index contributed by atoms with van der Waals surface area (Å²) in [5.41, 5.74) is 0. The van der Waals surface area contributed by atoms with E-state index in [2.05, 4.69) is 31.0 Å². The van der Waals surface area contributed by atoms with Gasteiger partial charge in [0.25, 0.3) is 0 Å². The SMILES string of the molecule is CCC1NC(CC(C)C)C(=O)N1CC1CCCCC1. The summed E-state index contributed by atoms with van der Waals surface area (Å²) in [6.07, 6.45) is 8.99. The summed E-state index contributed by atoms with van der Waals surface area (Å²) in [7, 11) is 0. The first-order valence-electron chi connectivity index (χ1n) is 8.18. The second-order valence-corrected chi connectivity index (χ2v) is 6.77. The van der Waals surface area contributed by atoms with Crippen LogP contribution in [0.4, 0.5) is 0 Å². The van der Waals surface area contributed by atoms with Gasteiger partial charge in [-0.2, -0.15) is 0 Å². The highest BCUT2D eigenvalue weighted by molar-refractivity contribution is 5.84. The van der Waals surface area contributed by atoms with Crippen LogP contribution in [0.25, 0.3) is 0 Å². The van der Waals surface area contributed by atoms with E-state index in [1.807, 2.05) is 0 Å². The molecule has 0 radical (unpaired) electrons. The molecule has 2 aliphatic rings. The summed E-state index contributed by atoms with van der Waals surface area (Å²) in [6.45, 7) is 7.55. The van der Waals surface area contributed by atoms with E-state index in [0.717, 1.165) is 25.3 Å². The minimum atomic E-state index is 0.0635. The summed E-state index contributed by atoms with van der Waals surface area (Å²) >= 11 is 0. The fourth-order valence-corrected chi connectivity index (χ4v) is 3.59. The normalized spacial score (nSPS) is 29.5. The van der Waals surface area contributed by atoms with Crippen LogP contribution in [0.5, 0.6) is 0 Å². The topological polar surface area (TPSA) is 32.3 Å². The second-order valence-electron chi connectivity index (χ2n) is 6.77. The van der Waals surface area contributed by atoms with Gasteiger partial charge < -0.3 is 4.90 Å². The van der Waals surface area contributed by atoms with E-state index >= 15 is 0 Å². The predicted molar refractivity (Wildman–Crippen MR) is 78.7 cm³/mol. The highest BCUT2D eigenvalue weighted by Gasteiger charge is 2.38. The van der Waals surface area contributed by atoms with Crippen molar-refractivity contribution >= 4 is 5.91 Å². The molecule has 1 aliphatic heterocycles. The summed E-state index contributed by atoms with van der Waals surface area (Å²) in [6, 6.07) is 0.0635. The van der Waals surface area contributed by atoms with Crippen LogP contribution in [0, 0.1) is 11.8 Å². The number of carbonyl (C=O) groups is 1. The van der Waals surface area contributed by atoms with Crippen LogP contribution >= 0.6 is 0 Å². The van der Waals surface area contributed by atoms with Crippen LogP contribution in [-0.4, -0.2) is 29.6 Å². The molecule has 1 N–H and O–H groups in total. The molecule has 1 amide bonds. The number of amides is 1. The first kappa shape index (κ1) is 14.8. The molecule has 3 heteroatoms. The first-order valence-corrected chi connectivity index (χ1v) is 8.18. The van der Waals surface area contributed by atoms with E-state index in [1.54, 1.807) is 0 Å². The van der Waals surface area contributed by atoms with Gasteiger partial charge in [-0.05, 0) is 37.5 Å². The molecule has 0 bridgehead atoms. The van der Waals surface area contributed by atoms with Crippen LogP contribution < -0.4 is 5.32 Å². The Morgan fingerprint density at radius 1 is 1.26 bits per heavy atom. The molecule has 1 saturated heterocycles. The molecule has 110 valence electrons. The van der Waals surface area contributed by atoms with Crippen LogP contribution in [0.1, 0.15) is 65.7 Å². The molecular formula is C16H30N2O. The van der Waals surface area contributed by atoms with Crippen molar-refractivity contribution in [3.05, 3.63) is 0 Å². The van der Waals surface area contributed by atoms with Gasteiger partial charge in [0.2, 0.25) is 5.91 Å². The quantitative estimate of drug-likeness (QED) is 0.829. The molecular weight excluding hydrogens is 236 g/mol. The van der Waals surface area contributed by atoms with E-state index in [-0.39, 0.29) is 12.2 Å². The van der Waals surface area contributed by atoms with Crippen molar-refractivity contribution in [1.29, 1.82) is 0 Å². The Hall–Kier alpha value is -0.570. The first-order chi connectivity index (χ1) is 9.11. The smallest absolute Gasteiger partial charge is 0.241 e. The van der Waals surface area contributed by atoms with Crippen LogP contribution in [0.3, 0.4) is 0 Å². The molecule has 0 aromatic carbocycles. The monoisotopic (exact) mass is 266 g/mol. The van der Waals surface area contributed by atoms with Crippen molar-refractivity contribution in [3.8, 4) is 0 Å². The van der Waals surface area contributed by atoms with Gasteiger partial charge in [-0.15, -0.1) is 0 Å². The predicted octanol–water partition coefficient (Wildman–Crippen LogP) is 3.15. The molecule has 3 nitrogen and oxygen atoms in total. The maximum absolute atomic E-state index is 12.5. The van der Waals surface area contributed by atoms with E-state index in [4.69, 9.17) is 0 Å². The minimum Gasteiger partial charge on any atom is -0.326 e. The van der Waals surface area contributed by atoms with Crippen LogP contribution in [0.2, 0.25) is 0 Å². The van der Waals surface area contributed by atoms with Crippen molar-refractivity contribution in [2.45, 2.75) is 77.9 Å². The lowest BCUT2D eigenvalue weighted by atomic mass is 9.89. The Bertz CT molecular complexity index is 297. The van der Waals surface area contributed by atoms with Gasteiger partial charge in [-0.1, -0.05) is 40.0 Å². The van der Waals surface area contributed by atoms with Crippen LogP contribution in [-0.2, 0) is 4.79 Å². The van der Waals surface area contributed by atoms with E-state index < -0.39 is 0 Å². The Morgan fingerprint density at radius 3 is 2.53 bits per heavy atom. The molecule has 2 atom stereocenters. The lowest BCUT2D eigenvalue weighted by Gasteiger charge is -2.30. The third kappa shape index (κ3) is 3.71. The van der Waals surface area contributed by atoms with Crippen molar-refractivity contribution < 1.29 is 4.79 Å². The molecule has 2 rings (SSSR count). The largest absolute Gasteiger partial charge is 0.326 e. The summed E-state index contributed by atoms with van der Waals surface area (Å²) in [5.74, 6) is 1.67. The highest BCUT2D eigenvalue weighted by Crippen LogP contribution is 2.27. The zero-order valence-corrected chi connectivity index (χ0v) is 12.8. The third-order valence-corrected chi connectivity index (χ3v) is 4.62. The fraction of sp³-hybridized carbons (Fsp3) is 0.938. The fourth-order valence-electron chi connectivity index (χ4n) is 3.59. The van der Waals surface area contributed by atoms with E-state index in [1.165, 1.54) is 32.1 Å². The molecule has 0 aromatic rings. The highest BCUT2D eigenvalue weighted by atomic mass is 16.2. The maximum atomic E-state index is 12.5. The summed E-state index contributed by atoms with van der Waals surface area (Å²) in [5, 5.41) is 3.54. The molecule has 1 saturated carbocycles. The molecule has 19 heavy (non-hydrogen) atoms. The molecule has 2 unspecified atom stereocenters. The average Bonchev–Trinajstić information content (AvgIpc) is 2.68. The Kier molecular flexibility index (Phi) is 5.26. The van der Waals surface area contributed by atoms with Crippen molar-refractivity contribution in [2.75, 3.05) is 6.54 Å². The molecule has 1 aliphatic carbocycles. The van der Waals surface area contributed by atoms with Crippen molar-refractivity contribution in [2.24, 2.45) is 11.8 Å².